The molecule has 0 saturated carbocycles. The maximum Gasteiger partial charge on any atom is 0.0331 e. The number of allylic oxidation sites excluding steroid dienone is 1. The molecule has 0 aromatic rings. The van der Waals surface area contributed by atoms with Crippen molar-refractivity contribution in [1.29, 1.82) is 0 Å². The Kier molecular flexibility index (Phi) is 4.43. The number of rotatable bonds is 4. The molecule has 1 saturated heterocycles. The first-order chi connectivity index (χ1) is 7.29. The Morgan fingerprint density at radius 3 is 2.44 bits per heavy atom. The topological polar surface area (TPSA) is 6.48 Å². The lowest BCUT2D eigenvalue weighted by atomic mass is 9.90. The molecule has 0 N–H and O–H groups in total. The average Bonchev–Trinajstić information content (AvgIpc) is 2.61. The Morgan fingerprint density at radius 1 is 1.38 bits per heavy atom. The molecule has 2 nitrogen and oxygen atoms in total. The van der Waals surface area contributed by atoms with Gasteiger partial charge in [0.15, 0.2) is 0 Å². The second-order valence-electron chi connectivity index (χ2n) is 6.48. The van der Waals surface area contributed by atoms with Crippen LogP contribution >= 0.6 is 0 Å². The Bertz CT molecular complexity index is 238. The van der Waals surface area contributed by atoms with Gasteiger partial charge in [-0.05, 0) is 38.8 Å². The largest absolute Gasteiger partial charge is 0.374 e. The normalized spacial score (nSPS) is 21.9. The van der Waals surface area contributed by atoms with Crippen LogP contribution in [-0.4, -0.2) is 43.0 Å². The second kappa shape index (κ2) is 5.22. The highest BCUT2D eigenvalue weighted by Gasteiger charge is 2.24. The maximum absolute atomic E-state index is 4.24. The van der Waals surface area contributed by atoms with Gasteiger partial charge in [-0.2, -0.15) is 0 Å². The summed E-state index contributed by atoms with van der Waals surface area (Å²) in [7, 11) is 4.35. The van der Waals surface area contributed by atoms with Crippen LogP contribution in [0.2, 0.25) is 0 Å². The Morgan fingerprint density at radius 2 is 2.00 bits per heavy atom. The number of likely N-dealkylation sites (tertiary alicyclic amines) is 1. The van der Waals surface area contributed by atoms with Gasteiger partial charge in [-0.15, -0.1) is 0 Å². The molecule has 0 bridgehead atoms. The van der Waals surface area contributed by atoms with Gasteiger partial charge in [-0.25, -0.2) is 0 Å². The summed E-state index contributed by atoms with van der Waals surface area (Å²) in [5.74, 6) is 0. The van der Waals surface area contributed by atoms with Gasteiger partial charge >= 0.3 is 0 Å². The molecule has 1 aliphatic rings. The maximum atomic E-state index is 4.24. The molecule has 0 aliphatic carbocycles. The molecule has 94 valence electrons. The highest BCUT2D eigenvalue weighted by atomic mass is 15.2. The van der Waals surface area contributed by atoms with Gasteiger partial charge in [0.2, 0.25) is 0 Å². The number of nitrogens with zero attached hydrogens (tertiary/aromatic N) is 2. The molecule has 1 aliphatic heterocycles. The molecule has 0 radical (unpaired) electrons. The predicted molar refractivity (Wildman–Crippen MR) is 71.5 cm³/mol. The third-order valence-corrected chi connectivity index (χ3v) is 3.50. The van der Waals surface area contributed by atoms with Crippen molar-refractivity contribution in [2.45, 2.75) is 46.1 Å². The van der Waals surface area contributed by atoms with Crippen molar-refractivity contribution in [2.24, 2.45) is 5.41 Å². The molecule has 1 atom stereocenters. The van der Waals surface area contributed by atoms with Crippen molar-refractivity contribution in [2.75, 3.05) is 27.2 Å². The Labute approximate surface area is 101 Å². The van der Waals surface area contributed by atoms with E-state index >= 15 is 0 Å². The second-order valence-corrected chi connectivity index (χ2v) is 6.48. The van der Waals surface area contributed by atoms with Gasteiger partial charge in [0.05, 0.1) is 0 Å². The fourth-order valence-electron chi connectivity index (χ4n) is 2.13. The highest BCUT2D eigenvalue weighted by molar-refractivity contribution is 4.99. The van der Waals surface area contributed by atoms with E-state index in [4.69, 9.17) is 0 Å². The van der Waals surface area contributed by atoms with E-state index in [9.17, 15) is 0 Å². The fourth-order valence-corrected chi connectivity index (χ4v) is 2.13. The molecule has 2 heteroatoms. The van der Waals surface area contributed by atoms with Crippen molar-refractivity contribution in [3.05, 3.63) is 12.3 Å². The van der Waals surface area contributed by atoms with Crippen molar-refractivity contribution in [1.82, 2.24) is 9.80 Å². The minimum absolute atomic E-state index is 0.420. The van der Waals surface area contributed by atoms with E-state index in [1.54, 1.807) is 0 Å². The van der Waals surface area contributed by atoms with Gasteiger partial charge in [0, 0.05) is 24.8 Å². The molecule has 0 spiro atoms. The first-order valence-corrected chi connectivity index (χ1v) is 6.39. The summed E-state index contributed by atoms with van der Waals surface area (Å²) in [4.78, 5) is 4.80. The fraction of sp³-hybridized carbons (Fsp3) is 0.857. The van der Waals surface area contributed by atoms with Crippen LogP contribution in [0, 0.1) is 5.41 Å². The molecule has 16 heavy (non-hydrogen) atoms. The summed E-state index contributed by atoms with van der Waals surface area (Å²) in [6.45, 7) is 13.5. The zero-order chi connectivity index (χ0) is 12.3. The molecule has 0 aromatic carbocycles. The SMILES string of the molecule is C=C(CCC(C)(C)C)N1CCC(N(C)C)C1. The molecular formula is C14H28N2. The van der Waals surface area contributed by atoms with Crippen LogP contribution in [0.4, 0.5) is 0 Å². The van der Waals surface area contributed by atoms with Crippen LogP contribution in [0.1, 0.15) is 40.0 Å². The third-order valence-electron chi connectivity index (χ3n) is 3.50. The van der Waals surface area contributed by atoms with Gasteiger partial charge < -0.3 is 9.80 Å². The average molecular weight is 224 g/mol. The standard InChI is InChI=1S/C14H28N2/c1-12(7-9-14(2,3)4)16-10-8-13(11-16)15(5)6/h13H,1,7-11H2,2-6H3. The van der Waals surface area contributed by atoms with Crippen LogP contribution in [0.3, 0.4) is 0 Å². The molecule has 0 aromatic heterocycles. The quantitative estimate of drug-likeness (QED) is 0.724. The first-order valence-electron chi connectivity index (χ1n) is 6.39. The Hall–Kier alpha value is -0.500. The summed E-state index contributed by atoms with van der Waals surface area (Å²) in [6.07, 6.45) is 3.65. The van der Waals surface area contributed by atoms with Crippen LogP contribution in [-0.2, 0) is 0 Å². The molecular weight excluding hydrogens is 196 g/mol. The smallest absolute Gasteiger partial charge is 0.0331 e. The summed E-state index contributed by atoms with van der Waals surface area (Å²) in [5, 5.41) is 0. The van der Waals surface area contributed by atoms with Gasteiger partial charge in [-0.3, -0.25) is 0 Å². The minimum Gasteiger partial charge on any atom is -0.374 e. The highest BCUT2D eigenvalue weighted by Crippen LogP contribution is 2.26. The van der Waals surface area contributed by atoms with E-state index in [-0.39, 0.29) is 0 Å². The van der Waals surface area contributed by atoms with Gasteiger partial charge in [-0.1, -0.05) is 27.4 Å². The van der Waals surface area contributed by atoms with E-state index in [0.29, 0.717) is 11.5 Å². The van der Waals surface area contributed by atoms with E-state index < -0.39 is 0 Å². The summed E-state index contributed by atoms with van der Waals surface area (Å²) < 4.78 is 0. The molecule has 1 unspecified atom stereocenters. The molecule has 1 rings (SSSR count). The third kappa shape index (κ3) is 4.17. The van der Waals surface area contributed by atoms with Gasteiger partial charge in [0.1, 0.15) is 0 Å². The van der Waals surface area contributed by atoms with Crippen molar-refractivity contribution >= 4 is 0 Å². The van der Waals surface area contributed by atoms with Crippen LogP contribution in [0.15, 0.2) is 12.3 Å². The van der Waals surface area contributed by atoms with Crippen LogP contribution in [0.5, 0.6) is 0 Å². The molecule has 1 heterocycles. The lowest BCUT2D eigenvalue weighted by Gasteiger charge is -2.26. The van der Waals surface area contributed by atoms with Crippen LogP contribution < -0.4 is 0 Å². The minimum atomic E-state index is 0.420. The first kappa shape index (κ1) is 13.6. The van der Waals surface area contributed by atoms with Crippen LogP contribution in [0.25, 0.3) is 0 Å². The van der Waals surface area contributed by atoms with Crippen molar-refractivity contribution < 1.29 is 0 Å². The zero-order valence-electron chi connectivity index (χ0n) is 11.7. The number of hydrogen-bond acceptors (Lipinski definition) is 2. The summed E-state index contributed by atoms with van der Waals surface area (Å²) >= 11 is 0. The predicted octanol–water partition coefficient (Wildman–Crippen LogP) is 2.96. The van der Waals surface area contributed by atoms with Gasteiger partial charge in [0.25, 0.3) is 0 Å². The van der Waals surface area contributed by atoms with E-state index in [1.807, 2.05) is 0 Å². The molecule has 1 fully saturated rings. The Balaban J connectivity index is 2.34. The lowest BCUT2D eigenvalue weighted by molar-refractivity contribution is 0.283. The summed E-state index contributed by atoms with van der Waals surface area (Å²) in [6, 6.07) is 0.714. The number of likely N-dealkylation sites (N-methyl/N-ethyl adjacent to an activating group) is 1. The zero-order valence-corrected chi connectivity index (χ0v) is 11.7. The number of hydrogen-bond donors (Lipinski definition) is 0. The van der Waals surface area contributed by atoms with E-state index in [0.717, 1.165) is 13.0 Å². The van der Waals surface area contributed by atoms with Crippen molar-refractivity contribution in [3.8, 4) is 0 Å². The van der Waals surface area contributed by atoms with E-state index in [1.165, 1.54) is 25.1 Å². The molecule has 0 amide bonds. The lowest BCUT2D eigenvalue weighted by Crippen LogP contribution is -2.31. The summed E-state index contributed by atoms with van der Waals surface area (Å²) in [5.41, 5.74) is 1.75. The monoisotopic (exact) mass is 224 g/mol. The van der Waals surface area contributed by atoms with E-state index in [2.05, 4.69) is 51.2 Å². The van der Waals surface area contributed by atoms with Crippen molar-refractivity contribution in [3.63, 3.8) is 0 Å².